The van der Waals surface area contributed by atoms with Crippen LogP contribution in [0.2, 0.25) is 0 Å². The molecule has 168 valence electrons. The maximum Gasteiger partial charge on any atom is 0.246 e. The molecule has 0 bridgehead atoms. The van der Waals surface area contributed by atoms with Crippen LogP contribution in [0.25, 0.3) is 10.8 Å². The molecule has 32 heavy (non-hydrogen) atoms. The minimum atomic E-state index is -3.78. The molecule has 1 heterocycles. The number of anilines is 1. The fraction of sp³-hybridized carbons (Fsp3) is 0.292. The van der Waals surface area contributed by atoms with Gasteiger partial charge in [0.2, 0.25) is 15.9 Å². The fourth-order valence-corrected chi connectivity index (χ4v) is 5.38. The topological polar surface area (TPSA) is 84.9 Å². The van der Waals surface area contributed by atoms with E-state index in [0.29, 0.717) is 25.5 Å². The quantitative estimate of drug-likeness (QED) is 0.591. The Hall–Kier alpha value is -2.94. The number of fused-ring (bicyclic) bond motifs is 1. The van der Waals surface area contributed by atoms with Gasteiger partial charge in [0, 0.05) is 18.8 Å². The summed E-state index contributed by atoms with van der Waals surface area (Å²) in [6.07, 6.45) is 0.181. The number of morpholine rings is 1. The Morgan fingerprint density at radius 2 is 1.81 bits per heavy atom. The Kier molecular flexibility index (Phi) is 6.74. The van der Waals surface area contributed by atoms with E-state index in [0.717, 1.165) is 16.3 Å². The van der Waals surface area contributed by atoms with Gasteiger partial charge < -0.3 is 14.8 Å². The molecule has 0 atom stereocenters. The van der Waals surface area contributed by atoms with Crippen molar-refractivity contribution in [1.82, 2.24) is 4.31 Å². The number of nitrogens with zero attached hydrogens (tertiary/aromatic N) is 1. The summed E-state index contributed by atoms with van der Waals surface area (Å²) >= 11 is 0. The van der Waals surface area contributed by atoms with Crippen LogP contribution in [0.4, 0.5) is 5.69 Å². The molecule has 0 aliphatic carbocycles. The summed E-state index contributed by atoms with van der Waals surface area (Å²) < 4.78 is 38.7. The number of ether oxygens (including phenoxy) is 2. The SMILES string of the molecule is CCOc1ccc(NC(=O)Cc2cccc3ccccc23)cc1S(=O)(=O)N1CCOCC1. The average Bonchev–Trinajstić information content (AvgIpc) is 2.81. The van der Waals surface area contributed by atoms with E-state index in [1.54, 1.807) is 19.1 Å². The molecule has 1 aliphatic rings. The highest BCUT2D eigenvalue weighted by Gasteiger charge is 2.29. The Labute approximate surface area is 188 Å². The van der Waals surface area contributed by atoms with Crippen molar-refractivity contribution in [1.29, 1.82) is 0 Å². The molecule has 3 aromatic carbocycles. The molecule has 8 heteroatoms. The van der Waals surface area contributed by atoms with E-state index in [4.69, 9.17) is 9.47 Å². The molecule has 7 nitrogen and oxygen atoms in total. The first-order chi connectivity index (χ1) is 15.5. The molecule has 1 aliphatic heterocycles. The fourth-order valence-electron chi connectivity index (χ4n) is 3.81. The Morgan fingerprint density at radius 1 is 1.06 bits per heavy atom. The standard InChI is InChI=1S/C24H26N2O5S/c1-2-31-22-11-10-20(17-23(22)32(28,29)26-12-14-30-15-13-26)25-24(27)16-19-8-5-7-18-6-3-4-9-21(18)19/h3-11,17H,2,12-16H2,1H3,(H,25,27). The number of hydrogen-bond donors (Lipinski definition) is 1. The maximum absolute atomic E-state index is 13.2. The van der Waals surface area contributed by atoms with Crippen LogP contribution in [-0.4, -0.2) is 51.5 Å². The van der Waals surface area contributed by atoms with Crippen LogP contribution >= 0.6 is 0 Å². The summed E-state index contributed by atoms with van der Waals surface area (Å²) in [6.45, 7) is 3.40. The van der Waals surface area contributed by atoms with Gasteiger partial charge in [-0.25, -0.2) is 8.42 Å². The summed E-state index contributed by atoms with van der Waals surface area (Å²) in [5.74, 6) is 0.0475. The van der Waals surface area contributed by atoms with Gasteiger partial charge in [-0.3, -0.25) is 4.79 Å². The van der Waals surface area contributed by atoms with Gasteiger partial charge >= 0.3 is 0 Å². The zero-order valence-corrected chi connectivity index (χ0v) is 18.7. The van der Waals surface area contributed by atoms with Crippen LogP contribution in [0, 0.1) is 0 Å². The van der Waals surface area contributed by atoms with Crippen LogP contribution in [0.3, 0.4) is 0 Å². The van der Waals surface area contributed by atoms with Gasteiger partial charge in [-0.2, -0.15) is 4.31 Å². The lowest BCUT2D eigenvalue weighted by atomic mass is 10.0. The van der Waals surface area contributed by atoms with Crippen molar-refractivity contribution < 1.29 is 22.7 Å². The van der Waals surface area contributed by atoms with Crippen LogP contribution in [0.1, 0.15) is 12.5 Å². The third-order valence-electron chi connectivity index (χ3n) is 5.35. The highest BCUT2D eigenvalue weighted by atomic mass is 32.2. The van der Waals surface area contributed by atoms with Crippen LogP contribution in [0.15, 0.2) is 65.6 Å². The molecule has 0 spiro atoms. The van der Waals surface area contributed by atoms with Gasteiger partial charge in [0.25, 0.3) is 0 Å². The van der Waals surface area contributed by atoms with Crippen molar-refractivity contribution in [3.63, 3.8) is 0 Å². The van der Waals surface area contributed by atoms with Crippen molar-refractivity contribution in [2.75, 3.05) is 38.2 Å². The third-order valence-corrected chi connectivity index (χ3v) is 7.27. The lowest BCUT2D eigenvalue weighted by Crippen LogP contribution is -2.40. The van der Waals surface area contributed by atoms with Crippen molar-refractivity contribution in [2.24, 2.45) is 0 Å². The second kappa shape index (κ2) is 9.68. The Bertz CT molecular complexity index is 1210. The van der Waals surface area contributed by atoms with E-state index in [2.05, 4.69) is 5.32 Å². The Balaban J connectivity index is 1.58. The highest BCUT2D eigenvalue weighted by molar-refractivity contribution is 7.89. The predicted molar refractivity (Wildman–Crippen MR) is 123 cm³/mol. The van der Waals surface area contributed by atoms with Crippen LogP contribution in [-0.2, 0) is 26.0 Å². The van der Waals surface area contributed by atoms with Crippen LogP contribution in [0.5, 0.6) is 5.75 Å². The van der Waals surface area contributed by atoms with Crippen molar-refractivity contribution in [3.05, 3.63) is 66.2 Å². The molecule has 3 aromatic rings. The van der Waals surface area contributed by atoms with Crippen molar-refractivity contribution in [3.8, 4) is 5.75 Å². The van der Waals surface area contributed by atoms with Gasteiger partial charge in [-0.15, -0.1) is 0 Å². The van der Waals surface area contributed by atoms with E-state index in [1.165, 1.54) is 10.4 Å². The molecule has 1 saturated heterocycles. The molecule has 4 rings (SSSR count). The molecule has 0 saturated carbocycles. The summed E-state index contributed by atoms with van der Waals surface area (Å²) in [7, 11) is -3.78. The van der Waals surface area contributed by atoms with Gasteiger partial charge in [0.1, 0.15) is 10.6 Å². The number of nitrogens with one attached hydrogen (secondary N) is 1. The highest BCUT2D eigenvalue weighted by Crippen LogP contribution is 2.30. The van der Waals surface area contributed by atoms with E-state index in [1.807, 2.05) is 42.5 Å². The lowest BCUT2D eigenvalue weighted by molar-refractivity contribution is -0.115. The molecule has 1 amide bonds. The average molecular weight is 455 g/mol. The van der Waals surface area contributed by atoms with Gasteiger partial charge in [0.15, 0.2) is 0 Å². The van der Waals surface area contributed by atoms with Crippen LogP contribution < -0.4 is 10.1 Å². The number of carbonyl (C=O) groups is 1. The zero-order chi connectivity index (χ0) is 22.6. The molecule has 0 aromatic heterocycles. The second-order valence-electron chi connectivity index (χ2n) is 7.47. The smallest absolute Gasteiger partial charge is 0.246 e. The van der Waals surface area contributed by atoms with Gasteiger partial charge in [-0.1, -0.05) is 42.5 Å². The summed E-state index contributed by atoms with van der Waals surface area (Å²) in [4.78, 5) is 12.8. The Morgan fingerprint density at radius 3 is 2.59 bits per heavy atom. The summed E-state index contributed by atoms with van der Waals surface area (Å²) in [5, 5.41) is 4.93. The van der Waals surface area contributed by atoms with Crippen molar-refractivity contribution in [2.45, 2.75) is 18.2 Å². The molecule has 0 radical (unpaired) electrons. The number of benzene rings is 3. The molecular weight excluding hydrogens is 428 g/mol. The first kappa shape index (κ1) is 22.3. The summed E-state index contributed by atoms with van der Waals surface area (Å²) in [6, 6.07) is 18.5. The minimum absolute atomic E-state index is 0.0456. The third kappa shape index (κ3) is 4.77. The maximum atomic E-state index is 13.2. The second-order valence-corrected chi connectivity index (χ2v) is 9.38. The van der Waals surface area contributed by atoms with E-state index >= 15 is 0 Å². The number of rotatable bonds is 7. The molecule has 1 N–H and O–H groups in total. The largest absolute Gasteiger partial charge is 0.492 e. The van der Waals surface area contributed by atoms with Gasteiger partial charge in [-0.05, 0) is 41.5 Å². The minimum Gasteiger partial charge on any atom is -0.492 e. The first-order valence-corrected chi connectivity index (χ1v) is 12.0. The molecular formula is C24H26N2O5S. The van der Waals surface area contributed by atoms with E-state index < -0.39 is 10.0 Å². The number of amides is 1. The molecule has 1 fully saturated rings. The monoisotopic (exact) mass is 454 g/mol. The lowest BCUT2D eigenvalue weighted by Gasteiger charge is -2.27. The summed E-state index contributed by atoms with van der Waals surface area (Å²) in [5.41, 5.74) is 1.32. The predicted octanol–water partition coefficient (Wildman–Crippen LogP) is 3.44. The van der Waals surface area contributed by atoms with E-state index in [9.17, 15) is 13.2 Å². The number of sulfonamides is 1. The van der Waals surface area contributed by atoms with Crippen molar-refractivity contribution >= 4 is 32.4 Å². The zero-order valence-electron chi connectivity index (χ0n) is 17.9. The van der Waals surface area contributed by atoms with Gasteiger partial charge in [0.05, 0.1) is 26.2 Å². The first-order valence-electron chi connectivity index (χ1n) is 10.6. The number of carbonyl (C=O) groups excluding carboxylic acids is 1. The molecule has 0 unspecified atom stereocenters. The van der Waals surface area contributed by atoms with E-state index in [-0.39, 0.29) is 36.1 Å². The normalized spacial score (nSPS) is 14.9. The number of hydrogen-bond acceptors (Lipinski definition) is 5.